The van der Waals surface area contributed by atoms with Crippen molar-refractivity contribution in [1.29, 1.82) is 0 Å². The molecule has 148 valence electrons. The summed E-state index contributed by atoms with van der Waals surface area (Å²) in [4.78, 5) is 6.49. The summed E-state index contributed by atoms with van der Waals surface area (Å²) in [6.45, 7) is 3.23. The number of hydrogen-bond acceptors (Lipinski definition) is 5. The van der Waals surface area contributed by atoms with E-state index >= 15 is 0 Å². The molecule has 0 saturated carbocycles. The van der Waals surface area contributed by atoms with Crippen LogP contribution in [0, 0.1) is 0 Å². The maximum absolute atomic E-state index is 6.27. The summed E-state index contributed by atoms with van der Waals surface area (Å²) in [6.07, 6.45) is 2.78. The van der Waals surface area contributed by atoms with E-state index in [4.69, 9.17) is 15.2 Å². The first-order valence-corrected chi connectivity index (χ1v) is 9.84. The molecule has 1 heterocycles. The molecule has 0 amide bonds. The second-order valence-electron chi connectivity index (χ2n) is 7.00. The minimum absolute atomic E-state index is 0.485. The van der Waals surface area contributed by atoms with Gasteiger partial charge < -0.3 is 20.1 Å². The average molecular weight is 387 g/mol. The summed E-state index contributed by atoms with van der Waals surface area (Å²) in [5, 5.41) is 0. The van der Waals surface area contributed by atoms with E-state index in [1.807, 2.05) is 79.1 Å². The first-order chi connectivity index (χ1) is 14.3. The van der Waals surface area contributed by atoms with Gasteiger partial charge in [0.2, 0.25) is 0 Å². The summed E-state index contributed by atoms with van der Waals surface area (Å²) >= 11 is 0. The highest BCUT2D eigenvalue weighted by atomic mass is 16.5. The van der Waals surface area contributed by atoms with Crippen LogP contribution >= 0.6 is 0 Å². The van der Waals surface area contributed by atoms with E-state index in [2.05, 4.69) is 9.89 Å². The van der Waals surface area contributed by atoms with Crippen molar-refractivity contribution < 1.29 is 9.47 Å². The first kappa shape index (κ1) is 18.9. The van der Waals surface area contributed by atoms with Crippen LogP contribution < -0.4 is 15.2 Å². The van der Waals surface area contributed by atoms with Gasteiger partial charge in [-0.3, -0.25) is 4.99 Å². The lowest BCUT2D eigenvalue weighted by Crippen LogP contribution is -2.22. The molecule has 1 aliphatic heterocycles. The lowest BCUT2D eigenvalue weighted by Gasteiger charge is -2.17. The number of nitrogens with zero attached hydrogens (tertiary/aromatic N) is 2. The molecule has 4 rings (SSSR count). The van der Waals surface area contributed by atoms with Gasteiger partial charge in [0, 0.05) is 24.8 Å². The molecule has 3 aromatic carbocycles. The Morgan fingerprint density at radius 1 is 0.897 bits per heavy atom. The van der Waals surface area contributed by atoms with Crippen LogP contribution in [0.25, 0.3) is 0 Å². The van der Waals surface area contributed by atoms with Gasteiger partial charge in [0.05, 0.1) is 12.9 Å². The number of nitrogens with two attached hydrogens (primary N) is 1. The number of para-hydroxylation sites is 2. The van der Waals surface area contributed by atoms with Crippen molar-refractivity contribution in [3.8, 4) is 17.2 Å². The predicted molar refractivity (Wildman–Crippen MR) is 117 cm³/mol. The molecule has 0 fully saturated rings. The quantitative estimate of drug-likeness (QED) is 0.577. The number of ether oxygens (including phenoxy) is 2. The average Bonchev–Trinajstić information content (AvgIpc) is 3.27. The summed E-state index contributed by atoms with van der Waals surface area (Å²) in [6, 6.07) is 23.6. The van der Waals surface area contributed by atoms with E-state index in [0.29, 0.717) is 23.8 Å². The van der Waals surface area contributed by atoms with Gasteiger partial charge in [0.25, 0.3) is 0 Å². The Bertz CT molecular complexity index is 973. The van der Waals surface area contributed by atoms with Gasteiger partial charge in [0.15, 0.2) is 11.5 Å². The molecule has 0 atom stereocenters. The Labute approximate surface area is 171 Å². The maximum atomic E-state index is 6.27. The van der Waals surface area contributed by atoms with E-state index < -0.39 is 0 Å². The number of rotatable bonds is 8. The molecule has 0 spiro atoms. The molecule has 0 radical (unpaired) electrons. The number of anilines is 1. The van der Waals surface area contributed by atoms with Crippen molar-refractivity contribution >= 4 is 12.0 Å². The van der Waals surface area contributed by atoms with E-state index in [1.54, 1.807) is 0 Å². The molecular formula is C24H25N3O2. The fourth-order valence-electron chi connectivity index (χ4n) is 3.23. The summed E-state index contributed by atoms with van der Waals surface area (Å²) in [5.74, 6) is 2.14. The number of nitrogen functional groups attached to an aromatic ring is 1. The largest absolute Gasteiger partial charge is 0.485 e. The van der Waals surface area contributed by atoms with Gasteiger partial charge in [0.1, 0.15) is 12.4 Å². The standard InChI is InChI=1S/C24H25N3O2/c25-21-11-10-20(12-14-27-15-13-26-18-27)24(16-21)29-23-9-5-4-8-22(23)28-17-19-6-2-1-3-7-19/h1-11,16,18H,12-15,17,25H2. The summed E-state index contributed by atoms with van der Waals surface area (Å²) in [7, 11) is 0. The molecular weight excluding hydrogens is 362 g/mol. The Hall–Kier alpha value is -3.47. The normalized spacial score (nSPS) is 12.9. The topological polar surface area (TPSA) is 60.1 Å². The molecule has 0 saturated heterocycles. The lowest BCUT2D eigenvalue weighted by molar-refractivity contribution is 0.291. The molecule has 5 nitrogen and oxygen atoms in total. The Balaban J connectivity index is 1.49. The van der Waals surface area contributed by atoms with Crippen molar-refractivity contribution in [2.45, 2.75) is 13.0 Å². The Kier molecular flexibility index (Phi) is 5.95. The van der Waals surface area contributed by atoms with Crippen LogP contribution in [-0.4, -0.2) is 30.9 Å². The van der Waals surface area contributed by atoms with Crippen LogP contribution in [0.3, 0.4) is 0 Å². The molecule has 0 bridgehead atoms. The van der Waals surface area contributed by atoms with Gasteiger partial charge >= 0.3 is 0 Å². The SMILES string of the molecule is Nc1ccc(CCN2C=NCC2)c(Oc2ccccc2OCc2ccccc2)c1. The van der Waals surface area contributed by atoms with Gasteiger partial charge in [-0.25, -0.2) is 0 Å². The number of hydrogen-bond donors (Lipinski definition) is 1. The van der Waals surface area contributed by atoms with Crippen molar-refractivity contribution in [2.24, 2.45) is 4.99 Å². The molecule has 2 N–H and O–H groups in total. The van der Waals surface area contributed by atoms with Crippen LogP contribution in [-0.2, 0) is 13.0 Å². The highest BCUT2D eigenvalue weighted by Gasteiger charge is 2.12. The van der Waals surface area contributed by atoms with Gasteiger partial charge in [-0.1, -0.05) is 48.5 Å². The van der Waals surface area contributed by atoms with Crippen LogP contribution in [0.2, 0.25) is 0 Å². The third-order valence-corrected chi connectivity index (χ3v) is 4.83. The monoisotopic (exact) mass is 387 g/mol. The molecule has 5 heteroatoms. The van der Waals surface area contributed by atoms with Crippen LogP contribution in [0.1, 0.15) is 11.1 Å². The van der Waals surface area contributed by atoms with E-state index in [1.165, 1.54) is 0 Å². The summed E-state index contributed by atoms with van der Waals surface area (Å²) < 4.78 is 12.3. The van der Waals surface area contributed by atoms with Gasteiger partial charge in [-0.2, -0.15) is 0 Å². The summed E-state index contributed by atoms with van der Waals surface area (Å²) in [5.41, 5.74) is 8.92. The Morgan fingerprint density at radius 2 is 1.69 bits per heavy atom. The maximum Gasteiger partial charge on any atom is 0.169 e. The molecule has 0 aromatic heterocycles. The minimum Gasteiger partial charge on any atom is -0.485 e. The zero-order chi connectivity index (χ0) is 19.9. The van der Waals surface area contributed by atoms with Crippen molar-refractivity contribution in [3.05, 3.63) is 83.9 Å². The fourth-order valence-corrected chi connectivity index (χ4v) is 3.23. The van der Waals surface area contributed by atoms with Crippen LogP contribution in [0.4, 0.5) is 5.69 Å². The predicted octanol–water partition coefficient (Wildman–Crippen LogP) is 4.53. The zero-order valence-electron chi connectivity index (χ0n) is 16.3. The van der Waals surface area contributed by atoms with Crippen molar-refractivity contribution in [2.75, 3.05) is 25.4 Å². The van der Waals surface area contributed by atoms with Crippen molar-refractivity contribution in [3.63, 3.8) is 0 Å². The van der Waals surface area contributed by atoms with Gasteiger partial charge in [-0.05, 0) is 35.7 Å². The molecule has 29 heavy (non-hydrogen) atoms. The molecule has 0 aliphatic carbocycles. The molecule has 0 unspecified atom stereocenters. The van der Waals surface area contributed by atoms with E-state index in [-0.39, 0.29) is 0 Å². The lowest BCUT2D eigenvalue weighted by atomic mass is 10.1. The molecule has 1 aliphatic rings. The third kappa shape index (κ3) is 5.08. The highest BCUT2D eigenvalue weighted by molar-refractivity contribution is 5.57. The molecule has 3 aromatic rings. The second-order valence-corrected chi connectivity index (χ2v) is 7.00. The van der Waals surface area contributed by atoms with Crippen molar-refractivity contribution in [1.82, 2.24) is 4.90 Å². The second kappa shape index (κ2) is 9.15. The third-order valence-electron chi connectivity index (χ3n) is 4.83. The highest BCUT2D eigenvalue weighted by Crippen LogP contribution is 2.34. The minimum atomic E-state index is 0.485. The number of aliphatic imine (C=N–C) groups is 1. The van der Waals surface area contributed by atoms with E-state index in [0.717, 1.165) is 42.9 Å². The van der Waals surface area contributed by atoms with Gasteiger partial charge in [-0.15, -0.1) is 0 Å². The number of benzene rings is 3. The zero-order valence-corrected chi connectivity index (χ0v) is 16.3. The Morgan fingerprint density at radius 3 is 2.48 bits per heavy atom. The van der Waals surface area contributed by atoms with Crippen LogP contribution in [0.5, 0.6) is 17.2 Å². The fraction of sp³-hybridized carbons (Fsp3) is 0.208. The van der Waals surface area contributed by atoms with Crippen LogP contribution in [0.15, 0.2) is 77.8 Å². The first-order valence-electron chi connectivity index (χ1n) is 9.84. The van der Waals surface area contributed by atoms with E-state index in [9.17, 15) is 0 Å². The smallest absolute Gasteiger partial charge is 0.169 e.